The van der Waals surface area contributed by atoms with Gasteiger partial charge < -0.3 is 15.7 Å². The van der Waals surface area contributed by atoms with E-state index in [1.54, 1.807) is 13.0 Å². The molecule has 2 atom stereocenters. The maximum absolute atomic E-state index is 13.3. The second-order valence-corrected chi connectivity index (χ2v) is 6.56. The van der Waals surface area contributed by atoms with E-state index >= 15 is 0 Å². The Labute approximate surface area is 128 Å². The maximum atomic E-state index is 13.3. The monoisotopic (exact) mass is 312 g/mol. The number of urea groups is 1. The third kappa shape index (κ3) is 4.35. The highest BCUT2D eigenvalue weighted by Crippen LogP contribution is 2.31. The first-order valence-electron chi connectivity index (χ1n) is 6.95. The second kappa shape index (κ2) is 6.66. The number of rotatable bonds is 5. The van der Waals surface area contributed by atoms with Gasteiger partial charge in [0.25, 0.3) is 0 Å². The number of thioether (sulfide) groups is 1. The fourth-order valence-corrected chi connectivity index (χ4v) is 3.29. The van der Waals surface area contributed by atoms with Crippen LogP contribution in [0.1, 0.15) is 30.5 Å². The molecule has 3 N–H and O–H groups in total. The highest BCUT2D eigenvalue weighted by Gasteiger charge is 2.25. The number of fused-ring (bicyclic) bond motifs is 1. The summed E-state index contributed by atoms with van der Waals surface area (Å²) in [6.45, 7) is 1.87. The molecule has 0 radical (unpaired) electrons. The van der Waals surface area contributed by atoms with Crippen LogP contribution in [0.3, 0.4) is 0 Å². The molecule has 116 valence electrons. The van der Waals surface area contributed by atoms with Gasteiger partial charge in [0.1, 0.15) is 5.82 Å². The molecular weight excluding hydrogens is 291 g/mol. The molecule has 4 nitrogen and oxygen atoms in total. The van der Waals surface area contributed by atoms with Gasteiger partial charge >= 0.3 is 6.03 Å². The molecule has 0 aliphatic heterocycles. The number of benzene rings is 1. The third-order valence-corrected chi connectivity index (χ3v) is 4.49. The molecule has 0 heterocycles. The number of carbonyl (C=O) groups is 1. The number of hydrogen-bond donors (Lipinski definition) is 3. The van der Waals surface area contributed by atoms with Gasteiger partial charge in [0.15, 0.2) is 0 Å². The van der Waals surface area contributed by atoms with Gasteiger partial charge in [0, 0.05) is 12.3 Å². The topological polar surface area (TPSA) is 61.4 Å². The predicted octanol–water partition coefficient (Wildman–Crippen LogP) is 2.23. The molecule has 2 rings (SSSR count). The Kier molecular flexibility index (Phi) is 5.11. The Morgan fingerprint density at radius 2 is 2.33 bits per heavy atom. The second-order valence-electron chi connectivity index (χ2n) is 5.69. The van der Waals surface area contributed by atoms with Crippen molar-refractivity contribution in [3.05, 3.63) is 35.1 Å². The van der Waals surface area contributed by atoms with E-state index in [0.717, 1.165) is 24.0 Å². The van der Waals surface area contributed by atoms with Crippen LogP contribution in [-0.4, -0.2) is 35.3 Å². The van der Waals surface area contributed by atoms with Crippen LogP contribution in [-0.2, 0) is 6.42 Å². The van der Waals surface area contributed by atoms with E-state index in [1.165, 1.54) is 23.9 Å². The van der Waals surface area contributed by atoms with Crippen LogP contribution >= 0.6 is 11.8 Å². The summed E-state index contributed by atoms with van der Waals surface area (Å²) in [6, 6.07) is 4.20. The molecule has 1 aromatic rings. The van der Waals surface area contributed by atoms with Crippen molar-refractivity contribution in [1.29, 1.82) is 0 Å². The lowest BCUT2D eigenvalue weighted by Gasteiger charge is -2.23. The molecule has 0 saturated heterocycles. The summed E-state index contributed by atoms with van der Waals surface area (Å²) in [5.41, 5.74) is 0.994. The molecule has 0 bridgehead atoms. The van der Waals surface area contributed by atoms with Gasteiger partial charge in [-0.05, 0) is 49.3 Å². The molecule has 0 saturated carbocycles. The molecule has 21 heavy (non-hydrogen) atoms. The average molecular weight is 312 g/mol. The van der Waals surface area contributed by atoms with E-state index in [4.69, 9.17) is 0 Å². The predicted molar refractivity (Wildman–Crippen MR) is 83.0 cm³/mol. The quantitative estimate of drug-likeness (QED) is 0.781. The molecule has 1 aliphatic carbocycles. The van der Waals surface area contributed by atoms with E-state index in [9.17, 15) is 14.3 Å². The largest absolute Gasteiger partial charge is 0.387 e. The molecule has 0 spiro atoms. The number of aryl methyl sites for hydroxylation is 1. The zero-order valence-corrected chi connectivity index (χ0v) is 13.1. The number of halogens is 1. The molecule has 2 unspecified atom stereocenters. The Morgan fingerprint density at radius 1 is 1.57 bits per heavy atom. The van der Waals surface area contributed by atoms with Gasteiger partial charge in [-0.15, -0.1) is 0 Å². The van der Waals surface area contributed by atoms with Gasteiger partial charge in [-0.3, -0.25) is 0 Å². The van der Waals surface area contributed by atoms with Gasteiger partial charge in [-0.25, -0.2) is 9.18 Å². The molecule has 0 fully saturated rings. The smallest absolute Gasteiger partial charge is 0.315 e. The molecular formula is C15H21FN2O2S. The highest BCUT2D eigenvalue weighted by atomic mass is 32.2. The van der Waals surface area contributed by atoms with Crippen molar-refractivity contribution in [3.63, 3.8) is 0 Å². The van der Waals surface area contributed by atoms with E-state index < -0.39 is 5.60 Å². The minimum atomic E-state index is -0.934. The van der Waals surface area contributed by atoms with Crippen LogP contribution in [0.5, 0.6) is 0 Å². The van der Waals surface area contributed by atoms with Gasteiger partial charge in [0.2, 0.25) is 0 Å². The summed E-state index contributed by atoms with van der Waals surface area (Å²) in [4.78, 5) is 11.9. The summed E-state index contributed by atoms with van der Waals surface area (Å²) >= 11 is 1.52. The van der Waals surface area contributed by atoms with Crippen molar-refractivity contribution in [2.45, 2.75) is 31.4 Å². The minimum absolute atomic E-state index is 0.166. The molecule has 6 heteroatoms. The summed E-state index contributed by atoms with van der Waals surface area (Å²) in [6.07, 6.45) is 3.51. The standard InChI is InChI=1S/C15H21FN2O2S/c1-15(20,9-21-2)8-17-14(19)18-13-6-4-10-3-5-11(16)7-12(10)13/h3,5,7,13,20H,4,6,8-9H2,1-2H3,(H2,17,18,19). The van der Waals surface area contributed by atoms with Crippen molar-refractivity contribution in [2.24, 2.45) is 0 Å². The first kappa shape index (κ1) is 16.1. The fraction of sp³-hybridized carbons (Fsp3) is 0.533. The SMILES string of the molecule is CSCC(C)(O)CNC(=O)NC1CCc2ccc(F)cc21. The number of carbonyl (C=O) groups excluding carboxylic acids is 1. The van der Waals surface area contributed by atoms with Crippen molar-refractivity contribution < 1.29 is 14.3 Å². The van der Waals surface area contributed by atoms with Crippen LogP contribution < -0.4 is 10.6 Å². The van der Waals surface area contributed by atoms with E-state index in [1.807, 2.05) is 6.26 Å². The van der Waals surface area contributed by atoms with E-state index in [2.05, 4.69) is 10.6 Å². The van der Waals surface area contributed by atoms with Gasteiger partial charge in [-0.1, -0.05) is 6.07 Å². The summed E-state index contributed by atoms with van der Waals surface area (Å²) in [5.74, 6) is 0.260. The first-order valence-corrected chi connectivity index (χ1v) is 8.35. The molecule has 1 aromatic carbocycles. The first-order chi connectivity index (χ1) is 9.91. The highest BCUT2D eigenvalue weighted by molar-refractivity contribution is 7.98. The fourth-order valence-electron chi connectivity index (χ4n) is 2.57. The minimum Gasteiger partial charge on any atom is -0.387 e. The summed E-state index contributed by atoms with van der Waals surface area (Å²) < 4.78 is 13.3. The lowest BCUT2D eigenvalue weighted by molar-refractivity contribution is 0.0868. The Balaban J connectivity index is 1.89. The van der Waals surface area contributed by atoms with Crippen LogP contribution in [0.4, 0.5) is 9.18 Å². The summed E-state index contributed by atoms with van der Waals surface area (Å²) in [5, 5.41) is 15.5. The van der Waals surface area contributed by atoms with Gasteiger partial charge in [0.05, 0.1) is 11.6 Å². The molecule has 2 amide bonds. The van der Waals surface area contributed by atoms with Crippen molar-refractivity contribution in [1.82, 2.24) is 10.6 Å². The number of nitrogens with one attached hydrogen (secondary N) is 2. The van der Waals surface area contributed by atoms with Crippen molar-refractivity contribution in [2.75, 3.05) is 18.6 Å². The molecule has 0 aromatic heterocycles. The maximum Gasteiger partial charge on any atom is 0.315 e. The zero-order chi connectivity index (χ0) is 15.5. The van der Waals surface area contributed by atoms with Crippen LogP contribution in [0.25, 0.3) is 0 Å². The summed E-state index contributed by atoms with van der Waals surface area (Å²) in [7, 11) is 0. The molecule has 1 aliphatic rings. The Morgan fingerprint density at radius 3 is 3.05 bits per heavy atom. The Hall–Kier alpha value is -1.27. The average Bonchev–Trinajstić information content (AvgIpc) is 2.79. The third-order valence-electron chi connectivity index (χ3n) is 3.58. The number of amides is 2. The van der Waals surface area contributed by atoms with E-state index in [-0.39, 0.29) is 24.4 Å². The number of aliphatic hydroxyl groups is 1. The van der Waals surface area contributed by atoms with Gasteiger partial charge in [-0.2, -0.15) is 11.8 Å². The van der Waals surface area contributed by atoms with Crippen LogP contribution in [0.15, 0.2) is 18.2 Å². The lowest BCUT2D eigenvalue weighted by atomic mass is 10.1. The normalized spacial score (nSPS) is 19.7. The Bertz CT molecular complexity index is 522. The van der Waals surface area contributed by atoms with Crippen molar-refractivity contribution >= 4 is 17.8 Å². The van der Waals surface area contributed by atoms with Crippen molar-refractivity contribution in [3.8, 4) is 0 Å². The van der Waals surface area contributed by atoms with Crippen LogP contribution in [0.2, 0.25) is 0 Å². The zero-order valence-electron chi connectivity index (χ0n) is 12.3. The van der Waals surface area contributed by atoms with E-state index in [0.29, 0.717) is 5.75 Å². The number of hydrogen-bond acceptors (Lipinski definition) is 3. The lowest BCUT2D eigenvalue weighted by Crippen LogP contribution is -2.46. The van der Waals surface area contributed by atoms with Crippen LogP contribution in [0, 0.1) is 5.82 Å².